The fourth-order valence-electron chi connectivity index (χ4n) is 1.96. The van der Waals surface area contributed by atoms with Crippen LogP contribution in [0.4, 0.5) is 0 Å². The van der Waals surface area contributed by atoms with Crippen molar-refractivity contribution in [3.8, 4) is 5.75 Å². The maximum absolute atomic E-state index is 11.8. The lowest BCUT2D eigenvalue weighted by molar-refractivity contribution is -0.119. The Labute approximate surface area is 151 Å². The lowest BCUT2D eigenvalue weighted by Gasteiger charge is -2.10. The van der Waals surface area contributed by atoms with E-state index in [-0.39, 0.29) is 24.0 Å². The molecule has 0 aliphatic heterocycles. The number of ether oxygens (including phenoxy) is 1. The Bertz CT molecular complexity index is 724. The topological polar surface area (TPSA) is 80.6 Å². The molecule has 1 aromatic carbocycles. The molecule has 7 heteroatoms. The Morgan fingerprint density at radius 2 is 1.92 bits per heavy atom. The summed E-state index contributed by atoms with van der Waals surface area (Å²) in [6, 6.07) is 9.14. The summed E-state index contributed by atoms with van der Waals surface area (Å²) in [6.45, 7) is 4.11. The number of carbonyl (C=O) groups is 2. The summed E-state index contributed by atoms with van der Waals surface area (Å²) in [5, 5.41) is 5.20. The van der Waals surface area contributed by atoms with Crippen molar-refractivity contribution in [3.63, 3.8) is 0 Å². The van der Waals surface area contributed by atoms with Gasteiger partial charge in [-0.05, 0) is 41.9 Å². The zero-order valence-corrected chi connectivity index (χ0v) is 14.9. The zero-order valence-electron chi connectivity index (χ0n) is 14.1. The smallest absolute Gasteiger partial charge is 0.260 e. The van der Waals surface area contributed by atoms with E-state index in [1.807, 2.05) is 24.3 Å². The summed E-state index contributed by atoms with van der Waals surface area (Å²) >= 11 is 4.97. The van der Waals surface area contributed by atoms with Gasteiger partial charge < -0.3 is 14.5 Å². The van der Waals surface area contributed by atoms with Crippen LogP contribution in [-0.4, -0.2) is 30.0 Å². The van der Waals surface area contributed by atoms with E-state index in [4.69, 9.17) is 21.4 Å². The van der Waals surface area contributed by atoms with E-state index in [1.165, 1.54) is 24.2 Å². The number of thiocarbonyl (C=S) groups is 1. The van der Waals surface area contributed by atoms with Gasteiger partial charge in [0.05, 0.1) is 18.4 Å². The molecule has 1 heterocycles. The van der Waals surface area contributed by atoms with Gasteiger partial charge in [0, 0.05) is 0 Å². The minimum Gasteiger partial charge on any atom is -0.486 e. The summed E-state index contributed by atoms with van der Waals surface area (Å²) in [5.41, 5.74) is 1.56. The molecule has 2 aromatic rings. The van der Waals surface area contributed by atoms with Crippen LogP contribution in [0.5, 0.6) is 5.75 Å². The van der Waals surface area contributed by atoms with Crippen molar-refractivity contribution in [2.75, 3.05) is 13.2 Å². The van der Waals surface area contributed by atoms with Gasteiger partial charge in [0.25, 0.3) is 5.91 Å². The molecule has 0 radical (unpaired) electrons. The van der Waals surface area contributed by atoms with Crippen molar-refractivity contribution in [3.05, 3.63) is 54.0 Å². The minimum atomic E-state index is -0.403. The number of furan rings is 1. The predicted octanol–water partition coefficient (Wildman–Crippen LogP) is 2.66. The van der Waals surface area contributed by atoms with Crippen molar-refractivity contribution in [2.24, 2.45) is 0 Å². The van der Waals surface area contributed by atoms with Gasteiger partial charge in [0.15, 0.2) is 10.9 Å². The molecule has 0 saturated carbocycles. The highest BCUT2D eigenvalue weighted by Gasteiger charge is 2.10. The Hall–Kier alpha value is -2.67. The summed E-state index contributed by atoms with van der Waals surface area (Å²) in [7, 11) is 0. The molecule has 6 nitrogen and oxygen atoms in total. The third kappa shape index (κ3) is 6.04. The maximum atomic E-state index is 11.8. The quantitative estimate of drug-likeness (QED) is 0.739. The van der Waals surface area contributed by atoms with E-state index in [1.54, 1.807) is 0 Å². The average Bonchev–Trinajstić information content (AvgIpc) is 3.13. The third-order valence-electron chi connectivity index (χ3n) is 3.40. The average molecular weight is 360 g/mol. The summed E-state index contributed by atoms with van der Waals surface area (Å²) < 4.78 is 10.3. The van der Waals surface area contributed by atoms with Crippen LogP contribution in [0.1, 0.15) is 35.7 Å². The fourth-order valence-corrected chi connectivity index (χ4v) is 2.12. The number of amides is 1. The largest absolute Gasteiger partial charge is 0.486 e. The number of hydrogen-bond acceptors (Lipinski definition) is 5. The van der Waals surface area contributed by atoms with Gasteiger partial charge in [-0.15, -0.1) is 0 Å². The van der Waals surface area contributed by atoms with Gasteiger partial charge in [0.2, 0.25) is 0 Å². The van der Waals surface area contributed by atoms with Crippen molar-refractivity contribution >= 4 is 29.0 Å². The standard InChI is InChI=1S/C18H20N2O4S/c1-12(2)13-3-5-16(6-4-13)24-11-15(21)9-19-18(25)20-17(22)14-7-8-23-10-14/h3-8,10,12H,9,11H2,1-2H3,(H2,19,20,22,25). The molecule has 0 fully saturated rings. The first-order valence-electron chi connectivity index (χ1n) is 7.81. The molecule has 2 rings (SSSR count). The van der Waals surface area contributed by atoms with Crippen LogP contribution < -0.4 is 15.4 Å². The molecule has 132 valence electrons. The normalized spacial score (nSPS) is 10.4. The van der Waals surface area contributed by atoms with Crippen LogP contribution in [0.15, 0.2) is 47.3 Å². The lowest BCUT2D eigenvalue weighted by atomic mass is 10.0. The van der Waals surface area contributed by atoms with E-state index in [0.717, 1.165) is 0 Å². The second-order valence-corrected chi connectivity index (χ2v) is 6.11. The molecule has 0 unspecified atom stereocenters. The molecule has 0 aliphatic carbocycles. The number of carbonyl (C=O) groups excluding carboxylic acids is 2. The van der Waals surface area contributed by atoms with E-state index >= 15 is 0 Å². The summed E-state index contributed by atoms with van der Waals surface area (Å²) in [4.78, 5) is 23.6. The molecule has 0 saturated heterocycles. The number of ketones is 1. The molecule has 2 N–H and O–H groups in total. The van der Waals surface area contributed by atoms with E-state index in [0.29, 0.717) is 17.2 Å². The number of nitrogens with one attached hydrogen (secondary N) is 2. The van der Waals surface area contributed by atoms with Crippen LogP contribution in [0.3, 0.4) is 0 Å². The Balaban J connectivity index is 1.69. The van der Waals surface area contributed by atoms with Crippen molar-refractivity contribution in [1.82, 2.24) is 10.6 Å². The predicted molar refractivity (Wildman–Crippen MR) is 97.8 cm³/mol. The Kier molecular flexibility index (Phi) is 6.71. The highest BCUT2D eigenvalue weighted by molar-refractivity contribution is 7.80. The molecule has 25 heavy (non-hydrogen) atoms. The highest BCUT2D eigenvalue weighted by atomic mass is 32.1. The number of hydrogen-bond donors (Lipinski definition) is 2. The van der Waals surface area contributed by atoms with Crippen LogP contribution in [-0.2, 0) is 4.79 Å². The second-order valence-electron chi connectivity index (χ2n) is 5.70. The first kappa shape index (κ1) is 18.7. The van der Waals surface area contributed by atoms with Crippen molar-refractivity contribution in [1.29, 1.82) is 0 Å². The fraction of sp³-hybridized carbons (Fsp3) is 0.278. The number of rotatable bonds is 7. The number of Topliss-reactive ketones (excluding diaryl/α,β-unsaturated/α-hetero) is 1. The monoisotopic (exact) mass is 360 g/mol. The Morgan fingerprint density at radius 1 is 1.20 bits per heavy atom. The first-order valence-corrected chi connectivity index (χ1v) is 8.22. The first-order chi connectivity index (χ1) is 12.0. The van der Waals surface area contributed by atoms with Crippen molar-refractivity contribution in [2.45, 2.75) is 19.8 Å². The van der Waals surface area contributed by atoms with Gasteiger partial charge in [-0.1, -0.05) is 26.0 Å². The molecule has 1 aromatic heterocycles. The molecular formula is C18H20N2O4S. The molecule has 0 aliphatic rings. The van der Waals surface area contributed by atoms with E-state index in [2.05, 4.69) is 24.5 Å². The minimum absolute atomic E-state index is 0.0332. The van der Waals surface area contributed by atoms with Crippen LogP contribution in [0.2, 0.25) is 0 Å². The van der Waals surface area contributed by atoms with E-state index < -0.39 is 5.91 Å². The zero-order chi connectivity index (χ0) is 18.2. The second kappa shape index (κ2) is 8.98. The Morgan fingerprint density at radius 3 is 2.52 bits per heavy atom. The lowest BCUT2D eigenvalue weighted by Crippen LogP contribution is -2.42. The van der Waals surface area contributed by atoms with Gasteiger partial charge in [-0.2, -0.15) is 0 Å². The third-order valence-corrected chi connectivity index (χ3v) is 3.65. The van der Waals surface area contributed by atoms with Crippen LogP contribution in [0, 0.1) is 0 Å². The number of benzene rings is 1. The van der Waals surface area contributed by atoms with Gasteiger partial charge in [-0.3, -0.25) is 14.9 Å². The van der Waals surface area contributed by atoms with Gasteiger partial charge in [-0.25, -0.2) is 0 Å². The van der Waals surface area contributed by atoms with Crippen LogP contribution in [0.25, 0.3) is 0 Å². The van der Waals surface area contributed by atoms with Crippen LogP contribution >= 0.6 is 12.2 Å². The summed E-state index contributed by atoms with van der Waals surface area (Å²) in [6.07, 6.45) is 2.70. The van der Waals surface area contributed by atoms with E-state index in [9.17, 15) is 9.59 Å². The van der Waals surface area contributed by atoms with Gasteiger partial charge >= 0.3 is 0 Å². The summed E-state index contributed by atoms with van der Waals surface area (Å²) in [5.74, 6) is 0.486. The maximum Gasteiger partial charge on any atom is 0.260 e. The molecule has 0 atom stereocenters. The van der Waals surface area contributed by atoms with Crippen molar-refractivity contribution < 1.29 is 18.7 Å². The highest BCUT2D eigenvalue weighted by Crippen LogP contribution is 2.18. The molecular weight excluding hydrogens is 340 g/mol. The molecule has 0 spiro atoms. The molecule has 0 bridgehead atoms. The van der Waals surface area contributed by atoms with Gasteiger partial charge in [0.1, 0.15) is 18.6 Å². The SMILES string of the molecule is CC(C)c1ccc(OCC(=O)CNC(=S)NC(=O)c2ccoc2)cc1. The molecule has 1 amide bonds.